The van der Waals surface area contributed by atoms with Crippen molar-refractivity contribution in [3.8, 4) is 11.5 Å². The van der Waals surface area contributed by atoms with Crippen LogP contribution in [-0.4, -0.2) is 35.7 Å². The Kier molecular flexibility index (Phi) is 7.08. The molecule has 7 heteroatoms. The summed E-state index contributed by atoms with van der Waals surface area (Å²) in [6.45, 7) is 5.48. The zero-order valence-electron chi connectivity index (χ0n) is 16.5. The number of allylic oxidation sites excluding steroid dienone is 2. The first-order chi connectivity index (χ1) is 14.1. The lowest BCUT2D eigenvalue weighted by atomic mass is 10.1. The number of thiocarbonyl (C=S) groups is 1. The Morgan fingerprint density at radius 2 is 1.97 bits per heavy atom. The predicted octanol–water partition coefficient (Wildman–Crippen LogP) is 3.93. The highest BCUT2D eigenvalue weighted by Crippen LogP contribution is 2.29. The van der Waals surface area contributed by atoms with E-state index in [0.717, 1.165) is 11.3 Å². The standard InChI is InChI=1S/C22H24N2O4S/c1-3-26-19-11-10-16(15-20(19)27-4-2)12-13-24-21(25)18(23-22(24)29)9-5-7-17-8-6-14-28-17/h5-11,14-15H,3-4,12-13H2,1-2H3,(H,23,29)/b7-5+,18-9+. The van der Waals surface area contributed by atoms with Gasteiger partial charge in [-0.25, -0.2) is 0 Å². The highest BCUT2D eigenvalue weighted by atomic mass is 32.1. The van der Waals surface area contributed by atoms with Gasteiger partial charge in [-0.2, -0.15) is 0 Å². The van der Waals surface area contributed by atoms with Gasteiger partial charge in [-0.3, -0.25) is 9.69 Å². The lowest BCUT2D eigenvalue weighted by Crippen LogP contribution is -2.32. The maximum absolute atomic E-state index is 12.6. The largest absolute Gasteiger partial charge is 0.490 e. The van der Waals surface area contributed by atoms with Crippen molar-refractivity contribution < 1.29 is 18.7 Å². The number of hydrogen-bond donors (Lipinski definition) is 1. The van der Waals surface area contributed by atoms with Crippen molar-refractivity contribution in [2.45, 2.75) is 20.3 Å². The molecule has 152 valence electrons. The first-order valence-corrected chi connectivity index (χ1v) is 9.96. The summed E-state index contributed by atoms with van der Waals surface area (Å²) in [5.41, 5.74) is 1.49. The van der Waals surface area contributed by atoms with Gasteiger partial charge in [0.05, 0.1) is 19.5 Å². The van der Waals surface area contributed by atoms with Crippen molar-refractivity contribution in [3.63, 3.8) is 0 Å². The number of carbonyl (C=O) groups excluding carboxylic acids is 1. The number of carbonyl (C=O) groups is 1. The molecular weight excluding hydrogens is 388 g/mol. The average Bonchev–Trinajstić information content (AvgIpc) is 3.31. The molecule has 1 N–H and O–H groups in total. The van der Waals surface area contributed by atoms with E-state index in [0.29, 0.717) is 48.5 Å². The Balaban J connectivity index is 1.63. The summed E-state index contributed by atoms with van der Waals surface area (Å²) in [5.74, 6) is 2.01. The zero-order chi connectivity index (χ0) is 20.6. The predicted molar refractivity (Wildman–Crippen MR) is 116 cm³/mol. The normalized spacial score (nSPS) is 15.4. The molecule has 1 fully saturated rings. The van der Waals surface area contributed by atoms with Crippen LogP contribution >= 0.6 is 12.2 Å². The van der Waals surface area contributed by atoms with E-state index < -0.39 is 0 Å². The van der Waals surface area contributed by atoms with Gasteiger partial charge >= 0.3 is 0 Å². The molecule has 0 atom stereocenters. The van der Waals surface area contributed by atoms with Crippen LogP contribution in [0.4, 0.5) is 0 Å². The minimum atomic E-state index is -0.143. The summed E-state index contributed by atoms with van der Waals surface area (Å²) >= 11 is 5.33. The molecule has 0 saturated carbocycles. The summed E-state index contributed by atoms with van der Waals surface area (Å²) in [6.07, 6.45) is 7.48. The summed E-state index contributed by atoms with van der Waals surface area (Å²) < 4.78 is 16.5. The van der Waals surface area contributed by atoms with Gasteiger partial charge in [0, 0.05) is 6.54 Å². The maximum atomic E-state index is 12.6. The molecule has 3 rings (SSSR count). The zero-order valence-corrected chi connectivity index (χ0v) is 17.3. The number of hydrogen-bond acceptors (Lipinski definition) is 5. The fourth-order valence-corrected chi connectivity index (χ4v) is 3.19. The van der Waals surface area contributed by atoms with Crippen LogP contribution in [0.15, 0.2) is 58.9 Å². The number of rotatable bonds is 9. The summed E-state index contributed by atoms with van der Waals surface area (Å²) in [4.78, 5) is 14.2. The molecule has 1 aromatic heterocycles. The van der Waals surface area contributed by atoms with Gasteiger partial charge < -0.3 is 19.2 Å². The van der Waals surface area contributed by atoms with Crippen molar-refractivity contribution >= 4 is 29.3 Å². The van der Waals surface area contributed by atoms with E-state index in [1.165, 1.54) is 0 Å². The van der Waals surface area contributed by atoms with Gasteiger partial charge in [-0.1, -0.05) is 12.1 Å². The van der Waals surface area contributed by atoms with E-state index in [1.807, 2.05) is 38.1 Å². The maximum Gasteiger partial charge on any atom is 0.276 e. The van der Waals surface area contributed by atoms with Crippen LogP contribution in [0, 0.1) is 0 Å². The van der Waals surface area contributed by atoms with Crippen LogP contribution in [-0.2, 0) is 11.2 Å². The average molecular weight is 413 g/mol. The molecule has 0 bridgehead atoms. The van der Waals surface area contributed by atoms with Gasteiger partial charge in [-0.15, -0.1) is 0 Å². The van der Waals surface area contributed by atoms with Crippen molar-refractivity contribution in [1.82, 2.24) is 10.2 Å². The van der Waals surface area contributed by atoms with Crippen molar-refractivity contribution in [1.29, 1.82) is 0 Å². The second-order valence-electron chi connectivity index (χ2n) is 6.24. The third-order valence-corrected chi connectivity index (χ3v) is 4.58. The minimum absolute atomic E-state index is 0.143. The van der Waals surface area contributed by atoms with E-state index in [1.54, 1.807) is 35.5 Å². The van der Waals surface area contributed by atoms with Gasteiger partial charge in [0.1, 0.15) is 11.5 Å². The fraction of sp³-hybridized carbons (Fsp3) is 0.273. The Bertz CT molecular complexity index is 919. The van der Waals surface area contributed by atoms with Crippen molar-refractivity contribution in [2.75, 3.05) is 19.8 Å². The van der Waals surface area contributed by atoms with E-state index in [2.05, 4.69) is 5.32 Å². The van der Waals surface area contributed by atoms with Crippen LogP contribution in [0.2, 0.25) is 0 Å². The van der Waals surface area contributed by atoms with E-state index in [-0.39, 0.29) is 5.91 Å². The lowest BCUT2D eigenvalue weighted by molar-refractivity contribution is -0.122. The second kappa shape index (κ2) is 9.93. The molecule has 2 aromatic rings. The van der Waals surface area contributed by atoms with Crippen LogP contribution in [0.5, 0.6) is 11.5 Å². The Labute approximate surface area is 175 Å². The van der Waals surface area contributed by atoms with Gasteiger partial charge in [0.2, 0.25) is 0 Å². The number of furan rings is 1. The second-order valence-corrected chi connectivity index (χ2v) is 6.63. The molecule has 1 aliphatic rings. The Hall–Kier alpha value is -3.06. The van der Waals surface area contributed by atoms with Gasteiger partial charge in [-0.05, 0) is 74.5 Å². The third kappa shape index (κ3) is 5.26. The van der Waals surface area contributed by atoms with Gasteiger partial charge in [0.25, 0.3) is 5.91 Å². The monoisotopic (exact) mass is 412 g/mol. The summed E-state index contributed by atoms with van der Waals surface area (Å²) in [7, 11) is 0. The number of benzene rings is 1. The van der Waals surface area contributed by atoms with Gasteiger partial charge in [0.15, 0.2) is 16.6 Å². The molecule has 0 unspecified atom stereocenters. The number of nitrogens with one attached hydrogen (secondary N) is 1. The fourth-order valence-electron chi connectivity index (χ4n) is 2.91. The van der Waals surface area contributed by atoms with E-state index >= 15 is 0 Å². The molecule has 1 aromatic carbocycles. The number of nitrogens with zero attached hydrogens (tertiary/aromatic N) is 1. The smallest absolute Gasteiger partial charge is 0.276 e. The molecule has 29 heavy (non-hydrogen) atoms. The van der Waals surface area contributed by atoms with E-state index in [9.17, 15) is 4.79 Å². The minimum Gasteiger partial charge on any atom is -0.490 e. The molecule has 1 amide bonds. The van der Waals surface area contributed by atoms with Crippen molar-refractivity contribution in [2.24, 2.45) is 0 Å². The first kappa shape index (κ1) is 20.7. The summed E-state index contributed by atoms with van der Waals surface area (Å²) in [5, 5.41) is 3.38. The van der Waals surface area contributed by atoms with Crippen LogP contribution in [0.3, 0.4) is 0 Å². The topological polar surface area (TPSA) is 63.9 Å². The number of ether oxygens (including phenoxy) is 2. The van der Waals surface area contributed by atoms with Crippen LogP contribution in [0.1, 0.15) is 25.2 Å². The SMILES string of the molecule is CCOc1ccc(CCN2C(=O)/C(=C\C=C\c3ccco3)NC2=S)cc1OCC. The van der Waals surface area contributed by atoms with Crippen molar-refractivity contribution in [3.05, 3.63) is 65.8 Å². The van der Waals surface area contributed by atoms with Crippen LogP contribution in [0.25, 0.3) is 6.08 Å². The lowest BCUT2D eigenvalue weighted by Gasteiger charge is -2.15. The molecular formula is C22H24N2O4S. The Morgan fingerprint density at radius 3 is 2.69 bits per heavy atom. The van der Waals surface area contributed by atoms with Crippen LogP contribution < -0.4 is 14.8 Å². The number of amides is 1. The first-order valence-electron chi connectivity index (χ1n) is 9.55. The third-order valence-electron chi connectivity index (χ3n) is 4.26. The quantitative estimate of drug-likeness (QED) is 0.497. The molecule has 2 heterocycles. The molecule has 0 spiro atoms. The molecule has 1 aliphatic heterocycles. The molecule has 1 saturated heterocycles. The summed E-state index contributed by atoms with van der Waals surface area (Å²) in [6, 6.07) is 9.47. The molecule has 0 radical (unpaired) electrons. The Morgan fingerprint density at radius 1 is 1.17 bits per heavy atom. The van der Waals surface area contributed by atoms with E-state index in [4.69, 9.17) is 26.1 Å². The highest BCUT2D eigenvalue weighted by Gasteiger charge is 2.29. The molecule has 6 nitrogen and oxygen atoms in total. The molecule has 0 aliphatic carbocycles. The highest BCUT2D eigenvalue weighted by molar-refractivity contribution is 7.80.